The van der Waals surface area contributed by atoms with E-state index < -0.39 is 6.10 Å². The average Bonchev–Trinajstić information content (AvgIpc) is 2.66. The first kappa shape index (κ1) is 20.2. The Hall–Kier alpha value is -2.14. The Balaban J connectivity index is 0.00000243. The third-order valence-electron chi connectivity index (χ3n) is 4.66. The third-order valence-corrected chi connectivity index (χ3v) is 4.66. The molecular formula is C21H26ClN3O. The lowest BCUT2D eigenvalue weighted by molar-refractivity contribution is 0.120. The maximum absolute atomic E-state index is 10.9. The zero-order valence-electron chi connectivity index (χ0n) is 15.2. The summed E-state index contributed by atoms with van der Waals surface area (Å²) in [6, 6.07) is 17.7. The minimum atomic E-state index is -0.588. The lowest BCUT2D eigenvalue weighted by Gasteiger charge is -2.23. The van der Waals surface area contributed by atoms with Crippen LogP contribution in [0.15, 0.2) is 54.6 Å². The largest absolute Gasteiger partial charge is 0.397 e. The molecule has 2 aromatic carbocycles. The van der Waals surface area contributed by atoms with E-state index in [4.69, 9.17) is 10.7 Å². The molecule has 5 heteroatoms. The Morgan fingerprint density at radius 2 is 1.73 bits per heavy atom. The second-order valence-electron chi connectivity index (χ2n) is 6.21. The SMILES string of the molecule is CCN(CC)CC(O)c1cc(-c2ccccc2)nc2c(N)cccc12.Cl. The van der Waals surface area contributed by atoms with Gasteiger partial charge in [0.15, 0.2) is 0 Å². The number of aliphatic hydroxyl groups excluding tert-OH is 1. The summed E-state index contributed by atoms with van der Waals surface area (Å²) in [5, 5.41) is 11.8. The molecule has 4 nitrogen and oxygen atoms in total. The molecule has 1 atom stereocenters. The Morgan fingerprint density at radius 3 is 2.38 bits per heavy atom. The molecule has 1 unspecified atom stereocenters. The van der Waals surface area contributed by atoms with Crippen molar-refractivity contribution in [1.82, 2.24) is 9.88 Å². The van der Waals surface area contributed by atoms with E-state index in [0.29, 0.717) is 12.2 Å². The summed E-state index contributed by atoms with van der Waals surface area (Å²) in [6.45, 7) is 6.62. The van der Waals surface area contributed by atoms with Crippen LogP contribution in [0.4, 0.5) is 5.69 Å². The smallest absolute Gasteiger partial charge is 0.0942 e. The molecule has 0 aliphatic rings. The number of para-hydroxylation sites is 1. The molecule has 0 amide bonds. The first-order valence-electron chi connectivity index (χ1n) is 8.79. The highest BCUT2D eigenvalue weighted by atomic mass is 35.5. The van der Waals surface area contributed by atoms with Crippen molar-refractivity contribution in [3.8, 4) is 11.3 Å². The first-order valence-corrected chi connectivity index (χ1v) is 8.79. The van der Waals surface area contributed by atoms with Crippen LogP contribution in [0.3, 0.4) is 0 Å². The zero-order chi connectivity index (χ0) is 17.8. The minimum Gasteiger partial charge on any atom is -0.397 e. The molecule has 3 N–H and O–H groups in total. The molecular weight excluding hydrogens is 346 g/mol. The number of halogens is 1. The van der Waals surface area contributed by atoms with Gasteiger partial charge in [0.1, 0.15) is 0 Å². The third kappa shape index (κ3) is 4.15. The van der Waals surface area contributed by atoms with Gasteiger partial charge >= 0.3 is 0 Å². The molecule has 3 aromatic rings. The number of rotatable bonds is 6. The molecule has 0 aliphatic heterocycles. The molecule has 0 spiro atoms. The number of pyridine rings is 1. The zero-order valence-corrected chi connectivity index (χ0v) is 16.0. The summed E-state index contributed by atoms with van der Waals surface area (Å²) in [7, 11) is 0. The number of hydrogen-bond acceptors (Lipinski definition) is 4. The Morgan fingerprint density at radius 1 is 1.04 bits per heavy atom. The molecule has 0 saturated carbocycles. The molecule has 138 valence electrons. The molecule has 0 bridgehead atoms. The number of benzene rings is 2. The van der Waals surface area contributed by atoms with Gasteiger partial charge in [-0.2, -0.15) is 0 Å². The van der Waals surface area contributed by atoms with Gasteiger partial charge in [-0.15, -0.1) is 12.4 Å². The van der Waals surface area contributed by atoms with Gasteiger partial charge < -0.3 is 15.7 Å². The van der Waals surface area contributed by atoms with Gasteiger partial charge in [-0.1, -0.05) is 56.3 Å². The van der Waals surface area contributed by atoms with Crippen LogP contribution in [0, 0.1) is 0 Å². The molecule has 3 rings (SSSR count). The second kappa shape index (κ2) is 8.99. The van der Waals surface area contributed by atoms with Crippen molar-refractivity contribution in [3.63, 3.8) is 0 Å². The van der Waals surface area contributed by atoms with E-state index in [2.05, 4.69) is 18.7 Å². The number of hydrogen-bond donors (Lipinski definition) is 2. The van der Waals surface area contributed by atoms with Gasteiger partial charge in [0.2, 0.25) is 0 Å². The van der Waals surface area contributed by atoms with Gasteiger partial charge in [0.05, 0.1) is 23.0 Å². The van der Waals surface area contributed by atoms with Crippen LogP contribution < -0.4 is 5.73 Å². The fraction of sp³-hybridized carbons (Fsp3) is 0.286. The molecule has 0 radical (unpaired) electrons. The normalized spacial score (nSPS) is 12.2. The maximum atomic E-state index is 10.9. The van der Waals surface area contributed by atoms with E-state index in [-0.39, 0.29) is 12.4 Å². The number of nitrogens with zero attached hydrogens (tertiary/aromatic N) is 2. The number of aromatic nitrogens is 1. The summed E-state index contributed by atoms with van der Waals surface area (Å²) in [6.07, 6.45) is -0.588. The van der Waals surface area contributed by atoms with Crippen molar-refractivity contribution in [2.24, 2.45) is 0 Å². The topological polar surface area (TPSA) is 62.4 Å². The van der Waals surface area contributed by atoms with Gasteiger partial charge in [-0.05, 0) is 30.8 Å². The minimum absolute atomic E-state index is 0. The van der Waals surface area contributed by atoms with Crippen LogP contribution in [0.5, 0.6) is 0 Å². The molecule has 0 fully saturated rings. The van der Waals surface area contributed by atoms with E-state index in [0.717, 1.165) is 40.8 Å². The first-order chi connectivity index (χ1) is 12.1. The van der Waals surface area contributed by atoms with Crippen molar-refractivity contribution < 1.29 is 5.11 Å². The highest BCUT2D eigenvalue weighted by Gasteiger charge is 2.17. The number of nitrogen functional groups attached to an aromatic ring is 1. The van der Waals surface area contributed by atoms with Gasteiger partial charge in [-0.25, -0.2) is 4.98 Å². The highest BCUT2D eigenvalue weighted by molar-refractivity contribution is 5.93. The fourth-order valence-electron chi connectivity index (χ4n) is 3.15. The number of anilines is 1. The second-order valence-corrected chi connectivity index (χ2v) is 6.21. The number of nitrogens with two attached hydrogens (primary N) is 1. The standard InChI is InChI=1S/C21H25N3O.ClH/c1-3-24(4-2)14-20(25)17-13-19(15-9-6-5-7-10-15)23-21-16(17)11-8-12-18(21)22;/h5-13,20,25H,3-4,14,22H2,1-2H3;1H. The van der Waals surface area contributed by atoms with Crippen molar-refractivity contribution >= 4 is 29.0 Å². The van der Waals surface area contributed by atoms with Crippen LogP contribution in [0.1, 0.15) is 25.5 Å². The lowest BCUT2D eigenvalue weighted by Crippen LogP contribution is -2.28. The van der Waals surface area contributed by atoms with Crippen LogP contribution in [-0.4, -0.2) is 34.6 Å². The molecule has 0 aliphatic carbocycles. The predicted octanol–water partition coefficient (Wildman–Crippen LogP) is 4.28. The van der Waals surface area contributed by atoms with Crippen molar-refractivity contribution in [3.05, 3.63) is 60.2 Å². The van der Waals surface area contributed by atoms with Crippen molar-refractivity contribution in [2.45, 2.75) is 20.0 Å². The molecule has 1 aromatic heterocycles. The predicted molar refractivity (Wildman–Crippen MR) is 112 cm³/mol. The average molecular weight is 372 g/mol. The van der Waals surface area contributed by atoms with Crippen molar-refractivity contribution in [2.75, 3.05) is 25.4 Å². The van der Waals surface area contributed by atoms with E-state index in [1.807, 2.05) is 54.6 Å². The lowest BCUT2D eigenvalue weighted by atomic mass is 9.99. The van der Waals surface area contributed by atoms with Crippen LogP contribution in [-0.2, 0) is 0 Å². The summed E-state index contributed by atoms with van der Waals surface area (Å²) in [4.78, 5) is 6.97. The van der Waals surface area contributed by atoms with E-state index in [9.17, 15) is 5.11 Å². The van der Waals surface area contributed by atoms with E-state index in [1.54, 1.807) is 0 Å². The fourth-order valence-corrected chi connectivity index (χ4v) is 3.15. The Bertz CT molecular complexity index is 851. The Labute approximate surface area is 161 Å². The summed E-state index contributed by atoms with van der Waals surface area (Å²) in [5.41, 5.74) is 10.3. The van der Waals surface area contributed by atoms with Gasteiger partial charge in [0, 0.05) is 17.5 Å². The van der Waals surface area contributed by atoms with Crippen LogP contribution in [0.2, 0.25) is 0 Å². The van der Waals surface area contributed by atoms with Gasteiger partial charge in [0.25, 0.3) is 0 Å². The van der Waals surface area contributed by atoms with Crippen LogP contribution in [0.25, 0.3) is 22.2 Å². The Kier molecular flexibility index (Phi) is 6.98. The van der Waals surface area contributed by atoms with E-state index >= 15 is 0 Å². The number of fused-ring (bicyclic) bond motifs is 1. The summed E-state index contributed by atoms with van der Waals surface area (Å²) >= 11 is 0. The maximum Gasteiger partial charge on any atom is 0.0942 e. The molecule has 1 heterocycles. The number of aliphatic hydroxyl groups is 1. The molecule has 0 saturated heterocycles. The van der Waals surface area contributed by atoms with Crippen LogP contribution >= 0.6 is 12.4 Å². The van der Waals surface area contributed by atoms with Crippen molar-refractivity contribution in [1.29, 1.82) is 0 Å². The monoisotopic (exact) mass is 371 g/mol. The summed E-state index contributed by atoms with van der Waals surface area (Å²) < 4.78 is 0. The van der Waals surface area contributed by atoms with E-state index in [1.165, 1.54) is 0 Å². The van der Waals surface area contributed by atoms with Gasteiger partial charge in [-0.3, -0.25) is 0 Å². The molecule has 26 heavy (non-hydrogen) atoms. The summed E-state index contributed by atoms with van der Waals surface area (Å²) in [5.74, 6) is 0. The quantitative estimate of drug-likeness (QED) is 0.635. The number of likely N-dealkylation sites (N-methyl/N-ethyl adjacent to an activating group) is 1. The highest BCUT2D eigenvalue weighted by Crippen LogP contribution is 2.31.